The predicted octanol–water partition coefficient (Wildman–Crippen LogP) is 2.12. The summed E-state index contributed by atoms with van der Waals surface area (Å²) < 4.78 is 0. The van der Waals surface area contributed by atoms with Crippen LogP contribution in [-0.2, 0) is 13.0 Å². The number of hydrogen-bond acceptors (Lipinski definition) is 4. The van der Waals surface area contributed by atoms with Crippen LogP contribution in [0.4, 0.5) is 0 Å². The minimum Gasteiger partial charge on any atom is -0.330 e. The molecule has 0 bridgehead atoms. The molecule has 0 aliphatic heterocycles. The van der Waals surface area contributed by atoms with E-state index in [1.165, 1.54) is 5.69 Å². The van der Waals surface area contributed by atoms with Crippen molar-refractivity contribution in [2.75, 3.05) is 13.6 Å². The number of nitrogens with two attached hydrogens (primary N) is 1. The summed E-state index contributed by atoms with van der Waals surface area (Å²) in [5.74, 6) is 0.673. The van der Waals surface area contributed by atoms with Crippen molar-refractivity contribution in [3.63, 3.8) is 0 Å². The van der Waals surface area contributed by atoms with Gasteiger partial charge in [-0.15, -0.1) is 11.3 Å². The maximum Gasteiger partial charge on any atom is 0.0941 e. The smallest absolute Gasteiger partial charge is 0.0941 e. The Labute approximate surface area is 103 Å². The summed E-state index contributed by atoms with van der Waals surface area (Å²) in [6.07, 6.45) is 0.897. The van der Waals surface area contributed by atoms with Crippen molar-refractivity contribution in [3.8, 4) is 0 Å². The maximum absolute atomic E-state index is 5.52. The van der Waals surface area contributed by atoms with Crippen molar-refractivity contribution in [2.24, 2.45) is 11.7 Å². The fourth-order valence-corrected chi connectivity index (χ4v) is 2.37. The number of hydrogen-bond donors (Lipinski definition) is 1. The molecule has 2 N–H and O–H groups in total. The highest BCUT2D eigenvalue weighted by atomic mass is 32.1. The van der Waals surface area contributed by atoms with Gasteiger partial charge in [-0.3, -0.25) is 4.90 Å². The molecule has 0 saturated carbocycles. The Morgan fingerprint density at radius 3 is 2.69 bits per heavy atom. The molecule has 3 nitrogen and oxygen atoms in total. The third-order valence-electron chi connectivity index (χ3n) is 3.03. The van der Waals surface area contributed by atoms with Gasteiger partial charge in [0.2, 0.25) is 0 Å². The minimum absolute atomic E-state index is 0.583. The third kappa shape index (κ3) is 3.85. The molecule has 1 aromatic heterocycles. The van der Waals surface area contributed by atoms with E-state index in [2.05, 4.69) is 43.1 Å². The number of aromatic nitrogens is 1. The summed E-state index contributed by atoms with van der Waals surface area (Å²) in [7, 11) is 2.16. The minimum atomic E-state index is 0.583. The van der Waals surface area contributed by atoms with E-state index >= 15 is 0 Å². The number of nitrogens with zero attached hydrogens (tertiary/aromatic N) is 2. The SMILES string of the molecule is CC(C)C(C)N(C)Cc1csc(CCN)n1. The molecule has 4 heteroatoms. The van der Waals surface area contributed by atoms with Gasteiger partial charge in [0.25, 0.3) is 0 Å². The second-order valence-electron chi connectivity index (χ2n) is 4.67. The average molecular weight is 241 g/mol. The molecule has 0 aliphatic rings. The highest BCUT2D eigenvalue weighted by molar-refractivity contribution is 7.09. The molecule has 0 spiro atoms. The molecule has 1 aromatic rings. The molecule has 0 aromatic carbocycles. The van der Waals surface area contributed by atoms with E-state index in [-0.39, 0.29) is 0 Å². The Balaban J connectivity index is 2.52. The fraction of sp³-hybridized carbons (Fsp3) is 0.750. The lowest BCUT2D eigenvalue weighted by molar-refractivity contribution is 0.198. The number of rotatable bonds is 6. The van der Waals surface area contributed by atoms with Gasteiger partial charge < -0.3 is 5.73 Å². The van der Waals surface area contributed by atoms with Gasteiger partial charge >= 0.3 is 0 Å². The van der Waals surface area contributed by atoms with Gasteiger partial charge in [-0.1, -0.05) is 13.8 Å². The summed E-state index contributed by atoms with van der Waals surface area (Å²) in [6, 6.07) is 0.583. The highest BCUT2D eigenvalue weighted by Crippen LogP contribution is 2.15. The van der Waals surface area contributed by atoms with Crippen LogP contribution in [0.5, 0.6) is 0 Å². The van der Waals surface area contributed by atoms with Crippen molar-refractivity contribution in [3.05, 3.63) is 16.1 Å². The fourth-order valence-electron chi connectivity index (χ4n) is 1.57. The Morgan fingerprint density at radius 1 is 1.44 bits per heavy atom. The summed E-state index contributed by atoms with van der Waals surface area (Å²) in [4.78, 5) is 6.93. The van der Waals surface area contributed by atoms with Crippen LogP contribution < -0.4 is 5.73 Å². The molecule has 1 atom stereocenters. The van der Waals surface area contributed by atoms with E-state index in [9.17, 15) is 0 Å². The summed E-state index contributed by atoms with van der Waals surface area (Å²) in [6.45, 7) is 8.38. The largest absolute Gasteiger partial charge is 0.330 e. The van der Waals surface area contributed by atoms with Crippen LogP contribution in [0.15, 0.2) is 5.38 Å². The zero-order valence-electron chi connectivity index (χ0n) is 10.7. The van der Waals surface area contributed by atoms with Gasteiger partial charge in [0.05, 0.1) is 10.7 Å². The molecule has 0 fully saturated rings. The van der Waals surface area contributed by atoms with E-state index in [4.69, 9.17) is 5.73 Å². The topological polar surface area (TPSA) is 42.1 Å². The Bertz CT molecular complexity index is 309. The molecule has 0 amide bonds. The first-order valence-corrected chi connectivity index (χ1v) is 6.76. The zero-order valence-corrected chi connectivity index (χ0v) is 11.5. The predicted molar refractivity (Wildman–Crippen MR) is 70.6 cm³/mol. The van der Waals surface area contributed by atoms with Crippen LogP contribution in [0.25, 0.3) is 0 Å². The third-order valence-corrected chi connectivity index (χ3v) is 3.99. The molecule has 0 radical (unpaired) electrons. The molecule has 92 valence electrons. The lowest BCUT2D eigenvalue weighted by Gasteiger charge is -2.26. The molecule has 0 aliphatic carbocycles. The van der Waals surface area contributed by atoms with Gasteiger partial charge in [-0.25, -0.2) is 4.98 Å². The molecule has 16 heavy (non-hydrogen) atoms. The van der Waals surface area contributed by atoms with Gasteiger partial charge in [-0.05, 0) is 26.4 Å². The molecule has 1 unspecified atom stereocenters. The van der Waals surface area contributed by atoms with Crippen molar-refractivity contribution < 1.29 is 0 Å². The average Bonchev–Trinajstić information content (AvgIpc) is 2.65. The van der Waals surface area contributed by atoms with Gasteiger partial charge in [0, 0.05) is 24.4 Å². The van der Waals surface area contributed by atoms with E-state index < -0.39 is 0 Å². The second kappa shape index (κ2) is 6.33. The molecule has 0 saturated heterocycles. The molecule has 1 heterocycles. The van der Waals surface area contributed by atoms with E-state index in [1.54, 1.807) is 11.3 Å². The van der Waals surface area contributed by atoms with E-state index in [0.29, 0.717) is 18.5 Å². The Morgan fingerprint density at radius 2 is 2.12 bits per heavy atom. The molecular weight excluding hydrogens is 218 g/mol. The van der Waals surface area contributed by atoms with E-state index in [1.807, 2.05) is 0 Å². The normalized spacial score (nSPS) is 13.7. The summed E-state index contributed by atoms with van der Waals surface area (Å²) in [5.41, 5.74) is 6.69. The van der Waals surface area contributed by atoms with Gasteiger partial charge in [-0.2, -0.15) is 0 Å². The van der Waals surface area contributed by atoms with E-state index in [0.717, 1.165) is 18.0 Å². The summed E-state index contributed by atoms with van der Waals surface area (Å²) >= 11 is 1.72. The van der Waals surface area contributed by atoms with Crippen LogP contribution in [0.3, 0.4) is 0 Å². The number of thiazole rings is 1. The lowest BCUT2D eigenvalue weighted by atomic mass is 10.1. The Hall–Kier alpha value is -0.450. The first-order valence-electron chi connectivity index (χ1n) is 5.88. The summed E-state index contributed by atoms with van der Waals surface area (Å²) in [5, 5.41) is 3.30. The molecule has 1 rings (SSSR count). The van der Waals surface area contributed by atoms with Crippen LogP contribution in [0.1, 0.15) is 31.5 Å². The first-order chi connectivity index (χ1) is 7.54. The maximum atomic E-state index is 5.52. The van der Waals surface area contributed by atoms with Crippen molar-refractivity contribution in [2.45, 2.75) is 39.8 Å². The van der Waals surface area contributed by atoms with Crippen LogP contribution in [0.2, 0.25) is 0 Å². The van der Waals surface area contributed by atoms with Crippen LogP contribution >= 0.6 is 11.3 Å². The van der Waals surface area contributed by atoms with Crippen molar-refractivity contribution in [1.29, 1.82) is 0 Å². The van der Waals surface area contributed by atoms with Crippen molar-refractivity contribution in [1.82, 2.24) is 9.88 Å². The highest BCUT2D eigenvalue weighted by Gasteiger charge is 2.14. The van der Waals surface area contributed by atoms with Crippen LogP contribution in [-0.4, -0.2) is 29.5 Å². The Kier molecular flexibility index (Phi) is 5.38. The van der Waals surface area contributed by atoms with Gasteiger partial charge in [0.15, 0.2) is 0 Å². The van der Waals surface area contributed by atoms with Crippen molar-refractivity contribution >= 4 is 11.3 Å². The standard InChI is InChI=1S/C12H23N3S/c1-9(2)10(3)15(4)7-11-8-16-12(14-11)5-6-13/h8-10H,5-7,13H2,1-4H3. The lowest BCUT2D eigenvalue weighted by Crippen LogP contribution is -2.32. The second-order valence-corrected chi connectivity index (χ2v) is 5.61. The quantitative estimate of drug-likeness (QED) is 0.829. The first kappa shape index (κ1) is 13.6. The monoisotopic (exact) mass is 241 g/mol. The van der Waals surface area contributed by atoms with Crippen LogP contribution in [0, 0.1) is 5.92 Å². The van der Waals surface area contributed by atoms with Gasteiger partial charge in [0.1, 0.15) is 0 Å². The zero-order chi connectivity index (χ0) is 12.1. The molecular formula is C12H23N3S.